The van der Waals surface area contributed by atoms with Gasteiger partial charge in [-0.25, -0.2) is 9.59 Å². The Labute approximate surface area is 335 Å². The highest BCUT2D eigenvalue weighted by molar-refractivity contribution is 5.92. The van der Waals surface area contributed by atoms with Crippen LogP contribution in [0.2, 0.25) is 0 Å². The normalized spacial score (nSPS) is 12.7. The Hall–Kier alpha value is -6.06. The summed E-state index contributed by atoms with van der Waals surface area (Å²) in [6.45, 7) is 7.92. The molecule has 9 nitrogen and oxygen atoms in total. The maximum atomic E-state index is 13.8. The third-order valence-electron chi connectivity index (χ3n) is 10.3. The molecule has 1 N–H and O–H groups in total. The molecule has 5 aromatic carbocycles. The third-order valence-corrected chi connectivity index (χ3v) is 10.3. The summed E-state index contributed by atoms with van der Waals surface area (Å²) in [6, 6.07) is 40.4. The lowest BCUT2D eigenvalue weighted by molar-refractivity contribution is 0.0416. The number of hydrogen-bond acceptors (Lipinski definition) is 6. The molecule has 1 saturated heterocycles. The van der Waals surface area contributed by atoms with Gasteiger partial charge in [-0.05, 0) is 110 Å². The molecule has 1 aromatic heterocycles. The minimum Gasteiger partial charge on any atom is -0.489 e. The number of morpholine rings is 1. The fraction of sp³-hybridized carbons (Fsp3) is 0.292. The number of hydrogen-bond donors (Lipinski definition) is 1. The molecular formula is C48H51N3O6. The second-order valence-corrected chi connectivity index (χ2v) is 14.7. The summed E-state index contributed by atoms with van der Waals surface area (Å²) in [5, 5.41) is 0.949. The van der Waals surface area contributed by atoms with Crippen molar-refractivity contribution in [2.75, 3.05) is 39.4 Å². The number of nitrogens with one attached hydrogen (secondary N) is 1. The zero-order valence-electron chi connectivity index (χ0n) is 32.9. The van der Waals surface area contributed by atoms with Crippen LogP contribution < -0.4 is 9.47 Å². The maximum Gasteiger partial charge on any atom is 0.415 e. The molecule has 0 bridgehead atoms. The minimum absolute atomic E-state index is 0.202. The van der Waals surface area contributed by atoms with Crippen LogP contribution in [0.5, 0.6) is 11.5 Å². The minimum atomic E-state index is -0.385. The smallest absolute Gasteiger partial charge is 0.415 e. The van der Waals surface area contributed by atoms with Crippen LogP contribution in [0.3, 0.4) is 0 Å². The van der Waals surface area contributed by atoms with Gasteiger partial charge in [-0.1, -0.05) is 90.0 Å². The van der Waals surface area contributed by atoms with Gasteiger partial charge < -0.3 is 33.7 Å². The first-order valence-electron chi connectivity index (χ1n) is 19.9. The average molecular weight is 766 g/mol. The van der Waals surface area contributed by atoms with Gasteiger partial charge in [-0.15, -0.1) is 0 Å². The summed E-state index contributed by atoms with van der Waals surface area (Å²) >= 11 is 0. The van der Waals surface area contributed by atoms with Crippen molar-refractivity contribution < 1.29 is 28.5 Å². The molecule has 7 rings (SSSR count). The number of H-pyrrole nitrogens is 1. The maximum absolute atomic E-state index is 13.8. The molecule has 9 heteroatoms. The molecule has 0 unspecified atom stereocenters. The van der Waals surface area contributed by atoms with E-state index in [0.717, 1.165) is 75.0 Å². The van der Waals surface area contributed by atoms with Gasteiger partial charge >= 0.3 is 12.2 Å². The zero-order chi connectivity index (χ0) is 39.4. The summed E-state index contributed by atoms with van der Waals surface area (Å²) < 4.78 is 23.2. The lowest BCUT2D eigenvalue weighted by Crippen LogP contribution is -2.42. The van der Waals surface area contributed by atoms with Crippen LogP contribution in [0.25, 0.3) is 22.2 Å². The van der Waals surface area contributed by atoms with Gasteiger partial charge in [0, 0.05) is 42.8 Å². The molecule has 1 aliphatic rings. The number of nitrogens with zero attached hydrogens (tertiary/aromatic N) is 2. The SMILES string of the molecule is Cc1cc(C)cc(-c2[nH]c3ccc(OC(=O)N4CCOCC4)cc3c2CCN(CCCCc2ccc(OCc3ccccc3)cc2)C(=O)OCc2ccccc2)c1. The molecular weight excluding hydrogens is 715 g/mol. The van der Waals surface area contributed by atoms with Gasteiger partial charge in [0.1, 0.15) is 24.7 Å². The van der Waals surface area contributed by atoms with Crippen molar-refractivity contribution >= 4 is 23.1 Å². The van der Waals surface area contributed by atoms with Crippen LogP contribution >= 0.6 is 0 Å². The van der Waals surface area contributed by atoms with E-state index in [0.29, 0.717) is 58.2 Å². The molecule has 2 heterocycles. The molecule has 1 fully saturated rings. The monoisotopic (exact) mass is 765 g/mol. The van der Waals surface area contributed by atoms with E-state index in [1.807, 2.05) is 83.8 Å². The van der Waals surface area contributed by atoms with Gasteiger partial charge in [-0.2, -0.15) is 0 Å². The van der Waals surface area contributed by atoms with Crippen molar-refractivity contribution in [3.8, 4) is 22.8 Å². The molecule has 57 heavy (non-hydrogen) atoms. The predicted octanol–water partition coefficient (Wildman–Crippen LogP) is 10.1. The summed E-state index contributed by atoms with van der Waals surface area (Å²) in [5.74, 6) is 1.32. The highest BCUT2D eigenvalue weighted by Gasteiger charge is 2.22. The van der Waals surface area contributed by atoms with Crippen molar-refractivity contribution in [2.45, 2.75) is 52.7 Å². The zero-order valence-corrected chi connectivity index (χ0v) is 32.9. The molecule has 2 amide bonds. The quantitative estimate of drug-likeness (QED) is 0.105. The van der Waals surface area contributed by atoms with Crippen molar-refractivity contribution in [1.82, 2.24) is 14.8 Å². The molecule has 294 valence electrons. The van der Waals surface area contributed by atoms with Gasteiger partial charge in [0.05, 0.1) is 13.2 Å². The summed E-state index contributed by atoms with van der Waals surface area (Å²) in [4.78, 5) is 34.0. The Morgan fingerprint density at radius 1 is 0.702 bits per heavy atom. The standard InChI is InChI=1S/C48H51N3O6/c1-35-29-36(2)31-40(30-35)46-43(44-32-42(20-21-45(44)49-46)57-48(53)51-25-27-54-28-26-51)22-24-50(47(52)56-34-39-14-7-4-8-15-39)23-10-9-11-37-16-18-41(19-17-37)55-33-38-12-5-3-6-13-38/h3-8,12-21,29-32,49H,9-11,22-28,33-34H2,1-2H3. The number of amides is 2. The van der Waals surface area contributed by atoms with Crippen LogP contribution in [0.4, 0.5) is 9.59 Å². The van der Waals surface area contributed by atoms with Crippen LogP contribution in [0.1, 0.15) is 46.2 Å². The second-order valence-electron chi connectivity index (χ2n) is 14.7. The summed E-state index contributed by atoms with van der Waals surface area (Å²) in [7, 11) is 0. The third kappa shape index (κ3) is 10.8. The van der Waals surface area contributed by atoms with E-state index in [1.165, 1.54) is 5.56 Å². The van der Waals surface area contributed by atoms with Gasteiger partial charge in [0.2, 0.25) is 0 Å². The molecule has 0 aliphatic carbocycles. The van der Waals surface area contributed by atoms with E-state index in [-0.39, 0.29) is 18.8 Å². The van der Waals surface area contributed by atoms with Crippen molar-refractivity contribution in [3.63, 3.8) is 0 Å². The first-order valence-corrected chi connectivity index (χ1v) is 19.9. The second kappa shape index (κ2) is 19.2. The lowest BCUT2D eigenvalue weighted by Gasteiger charge is -2.25. The Morgan fingerprint density at radius 3 is 2.07 bits per heavy atom. The Balaban J connectivity index is 1.06. The first kappa shape index (κ1) is 39.2. The lowest BCUT2D eigenvalue weighted by atomic mass is 9.99. The van der Waals surface area contributed by atoms with Gasteiger partial charge in [-0.3, -0.25) is 0 Å². The van der Waals surface area contributed by atoms with Crippen LogP contribution in [-0.4, -0.2) is 66.4 Å². The number of carbonyl (C=O) groups excluding carboxylic acids is 2. The molecule has 1 aliphatic heterocycles. The van der Waals surface area contributed by atoms with E-state index in [1.54, 1.807) is 4.90 Å². The fourth-order valence-corrected chi connectivity index (χ4v) is 7.30. The molecule has 0 spiro atoms. The van der Waals surface area contributed by atoms with E-state index in [2.05, 4.69) is 61.3 Å². The predicted molar refractivity (Wildman–Crippen MR) is 224 cm³/mol. The fourth-order valence-electron chi connectivity index (χ4n) is 7.30. The number of aromatic nitrogens is 1. The van der Waals surface area contributed by atoms with Crippen LogP contribution in [0.15, 0.2) is 121 Å². The average Bonchev–Trinajstić information content (AvgIpc) is 3.60. The number of ether oxygens (including phenoxy) is 4. The van der Waals surface area contributed by atoms with Gasteiger partial charge in [0.15, 0.2) is 0 Å². The van der Waals surface area contributed by atoms with Crippen LogP contribution in [0, 0.1) is 13.8 Å². The number of carbonyl (C=O) groups is 2. The van der Waals surface area contributed by atoms with Crippen molar-refractivity contribution in [3.05, 3.63) is 155 Å². The number of benzene rings is 5. The molecule has 0 atom stereocenters. The largest absolute Gasteiger partial charge is 0.489 e. The number of aryl methyl sites for hydroxylation is 3. The van der Waals surface area contributed by atoms with E-state index < -0.39 is 0 Å². The van der Waals surface area contributed by atoms with Gasteiger partial charge in [0.25, 0.3) is 0 Å². The number of rotatable bonds is 15. The number of unbranched alkanes of at least 4 members (excludes halogenated alkanes) is 1. The Morgan fingerprint density at radius 2 is 1.37 bits per heavy atom. The van der Waals surface area contributed by atoms with Crippen molar-refractivity contribution in [2.24, 2.45) is 0 Å². The van der Waals surface area contributed by atoms with Crippen LogP contribution in [-0.2, 0) is 35.5 Å². The summed E-state index contributed by atoms with van der Waals surface area (Å²) in [6.07, 6.45) is 2.44. The first-order chi connectivity index (χ1) is 27.9. The highest BCUT2D eigenvalue weighted by atomic mass is 16.6. The molecule has 6 aromatic rings. The summed E-state index contributed by atoms with van der Waals surface area (Å²) in [5.41, 5.74) is 9.66. The topological polar surface area (TPSA) is 93.3 Å². The van der Waals surface area contributed by atoms with E-state index in [9.17, 15) is 9.59 Å². The van der Waals surface area contributed by atoms with E-state index >= 15 is 0 Å². The highest BCUT2D eigenvalue weighted by Crippen LogP contribution is 2.34. The number of aromatic amines is 1. The molecule has 0 saturated carbocycles. The Kier molecular flexibility index (Phi) is 13.2. The van der Waals surface area contributed by atoms with Crippen molar-refractivity contribution in [1.29, 1.82) is 0 Å². The Bertz CT molecular complexity index is 2210. The molecule has 0 radical (unpaired) electrons. The number of fused-ring (bicyclic) bond motifs is 1. The van der Waals surface area contributed by atoms with E-state index in [4.69, 9.17) is 18.9 Å².